The highest BCUT2D eigenvalue weighted by Gasteiger charge is 2.24. The van der Waals surface area contributed by atoms with Crippen molar-refractivity contribution in [1.29, 1.82) is 0 Å². The molecule has 0 saturated carbocycles. The van der Waals surface area contributed by atoms with Gasteiger partial charge in [0, 0.05) is 44.9 Å². The molecule has 0 atom stereocenters. The number of nitrogens with one attached hydrogen (secondary N) is 1. The number of nitrogens with zero attached hydrogens (tertiary/aromatic N) is 3. The van der Waals surface area contributed by atoms with E-state index in [1.54, 1.807) is 48.2 Å². The zero-order valence-corrected chi connectivity index (χ0v) is 17.9. The Morgan fingerprint density at radius 1 is 1.10 bits per heavy atom. The quantitative estimate of drug-likeness (QED) is 0.398. The van der Waals surface area contributed by atoms with Crippen LogP contribution in [0.1, 0.15) is 12.5 Å². The van der Waals surface area contributed by atoms with E-state index in [0.717, 1.165) is 0 Å². The molecule has 2 aromatic rings. The van der Waals surface area contributed by atoms with Crippen molar-refractivity contribution in [3.8, 4) is 0 Å². The number of rotatable bonds is 7. The Balaban J connectivity index is 1.59. The van der Waals surface area contributed by atoms with Crippen molar-refractivity contribution in [2.24, 2.45) is 0 Å². The van der Waals surface area contributed by atoms with Gasteiger partial charge < -0.3 is 9.80 Å². The van der Waals surface area contributed by atoms with Gasteiger partial charge in [0.15, 0.2) is 0 Å². The molecule has 0 aromatic heterocycles. The van der Waals surface area contributed by atoms with Gasteiger partial charge in [-0.2, -0.15) is 0 Å². The third-order valence-corrected chi connectivity index (χ3v) is 6.52. The van der Waals surface area contributed by atoms with Crippen molar-refractivity contribution < 1.29 is 18.1 Å². The van der Waals surface area contributed by atoms with Crippen LogP contribution in [0.15, 0.2) is 59.5 Å². The number of benzene rings is 2. The van der Waals surface area contributed by atoms with Crippen LogP contribution in [0.2, 0.25) is 0 Å². The van der Waals surface area contributed by atoms with Crippen molar-refractivity contribution in [1.82, 2.24) is 9.62 Å². The molecule has 1 aliphatic rings. The van der Waals surface area contributed by atoms with Gasteiger partial charge in [-0.3, -0.25) is 14.9 Å². The predicted octanol–water partition coefficient (Wildman–Crippen LogP) is 2.25. The second-order valence-electron chi connectivity index (χ2n) is 6.96. The van der Waals surface area contributed by atoms with Crippen LogP contribution >= 0.6 is 0 Å². The SMILES string of the molecule is CCNS(=O)(=O)c1ccc(/C=C/C(=O)N2CCN(c3ccccc3[N+](=O)[O-])CC2)cc1. The normalized spacial score (nSPS) is 14.7. The fraction of sp³-hybridized carbons (Fsp3) is 0.286. The lowest BCUT2D eigenvalue weighted by molar-refractivity contribution is -0.384. The minimum absolute atomic E-state index is 0.0572. The number of piperazine rings is 1. The summed E-state index contributed by atoms with van der Waals surface area (Å²) >= 11 is 0. The molecule has 10 heteroatoms. The summed E-state index contributed by atoms with van der Waals surface area (Å²) in [6.07, 6.45) is 3.09. The predicted molar refractivity (Wildman–Crippen MR) is 118 cm³/mol. The first kappa shape index (κ1) is 22.4. The van der Waals surface area contributed by atoms with E-state index in [1.165, 1.54) is 24.3 Å². The Kier molecular flexibility index (Phi) is 7.03. The molecular formula is C21H24N4O5S. The van der Waals surface area contributed by atoms with Gasteiger partial charge in [-0.15, -0.1) is 0 Å². The molecule has 3 rings (SSSR count). The third-order valence-electron chi connectivity index (χ3n) is 4.95. The number of anilines is 1. The molecule has 1 amide bonds. The largest absolute Gasteiger partial charge is 0.362 e. The van der Waals surface area contributed by atoms with Gasteiger partial charge in [0.2, 0.25) is 15.9 Å². The Labute approximate surface area is 181 Å². The third kappa shape index (κ3) is 5.47. The van der Waals surface area contributed by atoms with Gasteiger partial charge in [0.1, 0.15) is 5.69 Å². The van der Waals surface area contributed by atoms with E-state index in [-0.39, 0.29) is 16.5 Å². The molecule has 2 aromatic carbocycles. The number of carbonyl (C=O) groups is 1. The van der Waals surface area contributed by atoms with Gasteiger partial charge in [-0.05, 0) is 29.8 Å². The van der Waals surface area contributed by atoms with Gasteiger partial charge in [0.25, 0.3) is 5.69 Å². The van der Waals surface area contributed by atoms with Crippen molar-refractivity contribution in [2.45, 2.75) is 11.8 Å². The van der Waals surface area contributed by atoms with Crippen LogP contribution in [0.5, 0.6) is 0 Å². The van der Waals surface area contributed by atoms with Crippen molar-refractivity contribution >= 4 is 33.4 Å². The molecule has 0 radical (unpaired) electrons. The van der Waals surface area contributed by atoms with E-state index in [9.17, 15) is 23.3 Å². The molecule has 0 bridgehead atoms. The van der Waals surface area contributed by atoms with Crippen molar-refractivity contribution in [2.75, 3.05) is 37.6 Å². The Morgan fingerprint density at radius 2 is 1.74 bits per heavy atom. The molecule has 31 heavy (non-hydrogen) atoms. The molecule has 1 aliphatic heterocycles. The average molecular weight is 445 g/mol. The second kappa shape index (κ2) is 9.71. The molecular weight excluding hydrogens is 420 g/mol. The van der Waals surface area contributed by atoms with E-state index in [1.807, 2.05) is 4.90 Å². The Bertz CT molecular complexity index is 1080. The molecule has 1 heterocycles. The maximum Gasteiger partial charge on any atom is 0.292 e. The number of hydrogen-bond acceptors (Lipinski definition) is 6. The minimum Gasteiger partial charge on any atom is -0.362 e. The molecule has 1 N–H and O–H groups in total. The highest BCUT2D eigenvalue weighted by Crippen LogP contribution is 2.28. The first-order chi connectivity index (χ1) is 14.8. The van der Waals surface area contributed by atoms with Crippen LogP contribution in [0.4, 0.5) is 11.4 Å². The second-order valence-corrected chi connectivity index (χ2v) is 8.73. The summed E-state index contributed by atoms with van der Waals surface area (Å²) in [6.45, 7) is 3.93. The summed E-state index contributed by atoms with van der Waals surface area (Å²) in [5, 5.41) is 11.2. The Hall–Kier alpha value is -3.24. The molecule has 164 valence electrons. The van der Waals surface area contributed by atoms with Crippen LogP contribution in [-0.4, -0.2) is 56.9 Å². The zero-order chi connectivity index (χ0) is 22.4. The smallest absolute Gasteiger partial charge is 0.292 e. The number of carbonyl (C=O) groups excluding carboxylic acids is 1. The maximum absolute atomic E-state index is 12.5. The van der Waals surface area contributed by atoms with E-state index < -0.39 is 14.9 Å². The van der Waals surface area contributed by atoms with Gasteiger partial charge in [0.05, 0.1) is 9.82 Å². The molecule has 0 unspecified atom stereocenters. The van der Waals surface area contributed by atoms with Gasteiger partial charge in [-0.25, -0.2) is 13.1 Å². The summed E-state index contributed by atoms with van der Waals surface area (Å²) < 4.78 is 26.4. The van der Waals surface area contributed by atoms with Crippen molar-refractivity contribution in [3.05, 3.63) is 70.3 Å². The fourth-order valence-electron chi connectivity index (χ4n) is 3.36. The number of amides is 1. The summed E-state index contributed by atoms with van der Waals surface area (Å²) in [6, 6.07) is 12.9. The lowest BCUT2D eigenvalue weighted by Gasteiger charge is -2.35. The summed E-state index contributed by atoms with van der Waals surface area (Å²) in [4.78, 5) is 27.1. The van der Waals surface area contributed by atoms with Gasteiger partial charge >= 0.3 is 0 Å². The summed E-state index contributed by atoms with van der Waals surface area (Å²) in [5.74, 6) is -0.161. The van der Waals surface area contributed by atoms with E-state index in [4.69, 9.17) is 0 Å². The molecule has 0 spiro atoms. The fourth-order valence-corrected chi connectivity index (χ4v) is 4.40. The topological polar surface area (TPSA) is 113 Å². The number of nitro benzene ring substituents is 1. The lowest BCUT2D eigenvalue weighted by Crippen LogP contribution is -2.48. The molecule has 1 saturated heterocycles. The first-order valence-electron chi connectivity index (χ1n) is 9.87. The lowest BCUT2D eigenvalue weighted by atomic mass is 10.2. The van der Waals surface area contributed by atoms with E-state index in [2.05, 4.69) is 4.72 Å². The van der Waals surface area contributed by atoms with Crippen LogP contribution in [-0.2, 0) is 14.8 Å². The molecule has 9 nitrogen and oxygen atoms in total. The first-order valence-corrected chi connectivity index (χ1v) is 11.3. The number of nitro groups is 1. The number of hydrogen-bond donors (Lipinski definition) is 1. The molecule has 1 fully saturated rings. The van der Waals surface area contributed by atoms with Crippen LogP contribution in [0.3, 0.4) is 0 Å². The maximum atomic E-state index is 12.5. The van der Waals surface area contributed by atoms with Gasteiger partial charge in [-0.1, -0.05) is 31.2 Å². The highest BCUT2D eigenvalue weighted by molar-refractivity contribution is 7.89. The highest BCUT2D eigenvalue weighted by atomic mass is 32.2. The van der Waals surface area contributed by atoms with Crippen LogP contribution in [0, 0.1) is 10.1 Å². The average Bonchev–Trinajstić information content (AvgIpc) is 2.78. The zero-order valence-electron chi connectivity index (χ0n) is 17.1. The Morgan fingerprint density at radius 3 is 2.35 bits per heavy atom. The van der Waals surface area contributed by atoms with E-state index >= 15 is 0 Å². The summed E-state index contributed by atoms with van der Waals surface area (Å²) in [5.41, 5.74) is 1.33. The standard InChI is InChI=1S/C21H24N4O5S/c1-2-22-31(29,30)18-10-7-17(8-11-18)9-12-21(26)24-15-13-23(14-16-24)19-5-3-4-6-20(19)25(27)28/h3-12,22H,2,13-16H2,1H3/b12-9+. The molecule has 0 aliphatic carbocycles. The van der Waals surface area contributed by atoms with Crippen molar-refractivity contribution in [3.63, 3.8) is 0 Å². The summed E-state index contributed by atoms with van der Waals surface area (Å²) in [7, 11) is -3.51. The monoisotopic (exact) mass is 444 g/mol. The minimum atomic E-state index is -3.51. The van der Waals surface area contributed by atoms with E-state index in [0.29, 0.717) is 44.0 Å². The van der Waals surface area contributed by atoms with Crippen LogP contribution in [0.25, 0.3) is 6.08 Å². The number of para-hydroxylation sites is 2. The number of sulfonamides is 1. The van der Waals surface area contributed by atoms with Crippen LogP contribution < -0.4 is 9.62 Å².